The quantitative estimate of drug-likeness (QED) is 0.103. The Bertz CT molecular complexity index is 2460. The second kappa shape index (κ2) is 15.0. The van der Waals surface area contributed by atoms with Crippen LogP contribution in [0, 0.1) is 5.82 Å². The van der Waals surface area contributed by atoms with Gasteiger partial charge in [-0.2, -0.15) is 18.3 Å². The zero-order valence-corrected chi connectivity index (χ0v) is 31.1. The third kappa shape index (κ3) is 7.44. The third-order valence-electron chi connectivity index (χ3n) is 9.50. The lowest BCUT2D eigenvalue weighted by Crippen LogP contribution is -2.31. The van der Waals surface area contributed by atoms with Gasteiger partial charge < -0.3 is 18.9 Å². The number of anilines is 1. The van der Waals surface area contributed by atoms with Crippen LogP contribution in [0.3, 0.4) is 0 Å². The third-order valence-corrected chi connectivity index (χ3v) is 9.95. The summed E-state index contributed by atoms with van der Waals surface area (Å²) in [4.78, 5) is 41.5. The van der Waals surface area contributed by atoms with Crippen molar-refractivity contribution in [2.45, 2.75) is 52.4 Å². The molecule has 0 aliphatic carbocycles. The smallest absolute Gasteiger partial charge is 0.492 e. The fraction of sp³-hybridized carbons (Fsp3) is 0.263. The Labute approximate surface area is 317 Å². The molecule has 3 aromatic carbocycles. The molecule has 3 aromatic heterocycles. The fourth-order valence-corrected chi connectivity index (χ4v) is 7.30. The van der Waals surface area contributed by atoms with Crippen LogP contribution in [0.1, 0.15) is 47.4 Å². The zero-order valence-electron chi connectivity index (χ0n) is 30.2. The Morgan fingerprint density at radius 3 is 2.29 bits per heavy atom. The van der Waals surface area contributed by atoms with Gasteiger partial charge in [-0.3, -0.25) is 9.79 Å². The maximum atomic E-state index is 16.3. The van der Waals surface area contributed by atoms with Crippen LogP contribution in [0.4, 0.5) is 28.3 Å². The molecule has 0 fully saturated rings. The minimum atomic E-state index is -4.76. The van der Waals surface area contributed by atoms with Crippen molar-refractivity contribution in [3.63, 3.8) is 0 Å². The van der Waals surface area contributed by atoms with E-state index in [4.69, 9.17) is 24.4 Å². The molecule has 4 heterocycles. The Morgan fingerprint density at radius 2 is 1.68 bits per heavy atom. The fourth-order valence-electron chi connectivity index (χ4n) is 6.91. The largest absolute Gasteiger partial charge is 0.524 e. The highest BCUT2D eigenvalue weighted by Gasteiger charge is 2.34. The first kappa shape index (κ1) is 38.5. The number of phosphoric acid groups is 1. The van der Waals surface area contributed by atoms with Gasteiger partial charge in [0.2, 0.25) is 5.95 Å². The van der Waals surface area contributed by atoms with E-state index in [1.807, 2.05) is 32.0 Å². The number of carbonyl (C=O) groups is 1. The molecule has 0 atom stereocenters. The molecule has 292 valence electrons. The minimum Gasteiger partial charge on any atom is -0.492 e. The van der Waals surface area contributed by atoms with E-state index in [-0.39, 0.29) is 36.1 Å². The maximum Gasteiger partial charge on any atom is 0.524 e. The molecular formula is C38H35F4N6O7P. The van der Waals surface area contributed by atoms with Crippen LogP contribution in [-0.2, 0) is 47.9 Å². The summed E-state index contributed by atoms with van der Waals surface area (Å²) in [5.41, 5.74) is 4.66. The van der Waals surface area contributed by atoms with Crippen molar-refractivity contribution in [3.8, 4) is 28.4 Å². The summed E-state index contributed by atoms with van der Waals surface area (Å²) in [5, 5.41) is 5.52. The molecule has 0 radical (unpaired) electrons. The number of carbonyl (C=O) groups excluding carboxylic acids is 1. The van der Waals surface area contributed by atoms with Gasteiger partial charge in [-0.05, 0) is 53.8 Å². The number of aromatic nitrogens is 5. The Kier molecular flexibility index (Phi) is 10.3. The average Bonchev–Trinajstić information content (AvgIpc) is 3.78. The molecule has 18 heteroatoms. The highest BCUT2D eigenvalue weighted by atomic mass is 31.2. The summed E-state index contributed by atoms with van der Waals surface area (Å²) in [6.07, 6.45) is -0.842. The summed E-state index contributed by atoms with van der Waals surface area (Å²) < 4.78 is 86.0. The number of hydrogen-bond acceptors (Lipinski definition) is 9. The summed E-state index contributed by atoms with van der Waals surface area (Å²) >= 11 is 0. The number of alkyl halides is 3. The predicted molar refractivity (Wildman–Crippen MR) is 196 cm³/mol. The summed E-state index contributed by atoms with van der Waals surface area (Å²) in [5.74, 6) is -0.980. The molecule has 0 bridgehead atoms. The molecule has 2 N–H and O–H groups in total. The van der Waals surface area contributed by atoms with E-state index in [0.29, 0.717) is 59.3 Å². The van der Waals surface area contributed by atoms with Gasteiger partial charge in [-0.15, -0.1) is 0 Å². The van der Waals surface area contributed by atoms with E-state index < -0.39 is 31.5 Å². The van der Waals surface area contributed by atoms with E-state index in [1.165, 1.54) is 43.6 Å². The molecule has 0 saturated heterocycles. The van der Waals surface area contributed by atoms with Gasteiger partial charge in [-0.25, -0.2) is 33.0 Å². The highest BCUT2D eigenvalue weighted by molar-refractivity contribution is 7.46. The van der Waals surface area contributed by atoms with Crippen LogP contribution in [0.2, 0.25) is 0 Å². The average molecular weight is 795 g/mol. The van der Waals surface area contributed by atoms with E-state index in [1.54, 1.807) is 15.6 Å². The second-order valence-electron chi connectivity index (χ2n) is 12.9. The number of benzene rings is 3. The molecule has 0 unspecified atom stereocenters. The molecule has 1 aliphatic rings. The molecule has 13 nitrogen and oxygen atoms in total. The van der Waals surface area contributed by atoms with Crippen molar-refractivity contribution in [1.82, 2.24) is 24.3 Å². The topological polar surface area (TPSA) is 154 Å². The number of fused-ring (bicyclic) bond motifs is 2. The van der Waals surface area contributed by atoms with Crippen molar-refractivity contribution in [1.29, 1.82) is 0 Å². The first-order valence-corrected chi connectivity index (χ1v) is 19.0. The molecule has 1 aliphatic heterocycles. The predicted octanol–water partition coefficient (Wildman–Crippen LogP) is 7.79. The van der Waals surface area contributed by atoms with E-state index >= 15 is 4.39 Å². The summed E-state index contributed by atoms with van der Waals surface area (Å²) in [6.45, 7) is 4.30. The first-order valence-electron chi connectivity index (χ1n) is 17.5. The number of hydrogen-bond donors (Lipinski definition) is 2. The number of aryl methyl sites for hydroxylation is 2. The molecular weight excluding hydrogens is 759 g/mol. The van der Waals surface area contributed by atoms with E-state index in [2.05, 4.69) is 14.5 Å². The van der Waals surface area contributed by atoms with Crippen LogP contribution in [0.25, 0.3) is 27.8 Å². The number of para-hydroxylation sites is 1. The van der Waals surface area contributed by atoms with Crippen LogP contribution in [0.15, 0.2) is 73.2 Å². The highest BCUT2D eigenvalue weighted by Crippen LogP contribution is 2.43. The molecule has 0 spiro atoms. The van der Waals surface area contributed by atoms with Gasteiger partial charge in [0.05, 0.1) is 29.7 Å². The van der Waals surface area contributed by atoms with Gasteiger partial charge in [0.1, 0.15) is 17.9 Å². The molecule has 6 aromatic rings. The monoisotopic (exact) mass is 794 g/mol. The Balaban J connectivity index is 1.34. The zero-order chi connectivity index (χ0) is 39.9. The lowest BCUT2D eigenvalue weighted by molar-refractivity contribution is -0.138. The Morgan fingerprint density at radius 1 is 1.00 bits per heavy atom. The lowest BCUT2D eigenvalue weighted by Gasteiger charge is -2.27. The summed E-state index contributed by atoms with van der Waals surface area (Å²) in [7, 11) is -3.49. The van der Waals surface area contributed by atoms with Gasteiger partial charge in [0.15, 0.2) is 11.6 Å². The number of phosphoric ester groups is 1. The van der Waals surface area contributed by atoms with Crippen molar-refractivity contribution in [2.24, 2.45) is 0 Å². The van der Waals surface area contributed by atoms with Crippen molar-refractivity contribution < 1.29 is 50.7 Å². The number of ether oxygens (including phenoxy) is 2. The molecule has 0 saturated carbocycles. The van der Waals surface area contributed by atoms with E-state index in [9.17, 15) is 22.5 Å². The van der Waals surface area contributed by atoms with Crippen molar-refractivity contribution in [2.75, 3.05) is 18.6 Å². The molecule has 56 heavy (non-hydrogen) atoms. The van der Waals surface area contributed by atoms with Gasteiger partial charge in [0.25, 0.3) is 0 Å². The first-order chi connectivity index (χ1) is 26.7. The van der Waals surface area contributed by atoms with Gasteiger partial charge >= 0.3 is 20.1 Å². The standard InChI is InChI=1S/C38H35F4N6O7P/c1-4-23-7-6-8-24(5-2)32(23)48-33(29-20-46(15-14-31(29)45-48)36-43-18-25(19-44-36)38(40,41)42)28-17-30(39)35(53-3)34-27(28)13-16-47(34)37(49)54-21-22-9-11-26(12-10-22)55-56(50,51)52/h6-13,16-19H,4-5,14-15,20-21H2,1-3H3,(H2,50,51,52). The van der Waals surface area contributed by atoms with Gasteiger partial charge in [0, 0.05) is 54.6 Å². The maximum absolute atomic E-state index is 16.3. The van der Waals surface area contributed by atoms with Crippen LogP contribution >= 0.6 is 7.82 Å². The van der Waals surface area contributed by atoms with Crippen LogP contribution < -0.4 is 14.2 Å². The summed E-state index contributed by atoms with van der Waals surface area (Å²) in [6, 6.07) is 14.5. The normalized spacial score (nSPS) is 13.2. The number of methoxy groups -OCH3 is 1. The van der Waals surface area contributed by atoms with E-state index in [0.717, 1.165) is 33.8 Å². The van der Waals surface area contributed by atoms with Gasteiger partial charge in [-0.1, -0.05) is 44.2 Å². The second-order valence-corrected chi connectivity index (χ2v) is 14.1. The minimum absolute atomic E-state index is 0.0811. The van der Waals surface area contributed by atoms with Crippen LogP contribution in [-0.4, -0.2) is 53.9 Å². The number of rotatable bonds is 10. The van der Waals surface area contributed by atoms with Crippen molar-refractivity contribution in [3.05, 3.63) is 113 Å². The Hall–Kier alpha value is -5.77. The number of nitrogens with zero attached hydrogens (tertiary/aromatic N) is 6. The van der Waals surface area contributed by atoms with Crippen LogP contribution in [0.5, 0.6) is 11.5 Å². The SMILES string of the molecule is CCc1cccc(CC)c1-n1nc2c(c1-c1cc(F)c(OC)c3c1ccn3C(=O)OCc1ccc(OP(=O)(O)O)cc1)CN(c1ncc(C(F)(F)F)cn1)CC2. The molecule has 0 amide bonds. The van der Waals surface area contributed by atoms with Crippen molar-refractivity contribution >= 4 is 30.8 Å². The molecule has 7 rings (SSSR count). The number of halogens is 4. The lowest BCUT2D eigenvalue weighted by atomic mass is 9.97.